The summed E-state index contributed by atoms with van der Waals surface area (Å²) in [6, 6.07) is 0.309. The molecule has 2 aliphatic rings. The number of carbonyl (C=O) groups excluding carboxylic acids is 1. The number of piperidine rings is 1. The Morgan fingerprint density at radius 2 is 1.76 bits per heavy atom. The topological polar surface area (TPSA) is 66.5 Å². The first-order valence-corrected chi connectivity index (χ1v) is 9.83. The van der Waals surface area contributed by atoms with Crippen molar-refractivity contribution in [2.45, 2.75) is 58.4 Å². The van der Waals surface area contributed by atoms with Gasteiger partial charge in [-0.05, 0) is 38.5 Å². The molecule has 1 heterocycles. The molecule has 0 bridgehead atoms. The second-order valence-electron chi connectivity index (χ2n) is 6.45. The molecule has 5 nitrogen and oxygen atoms in total. The minimum atomic E-state index is -3.10. The van der Waals surface area contributed by atoms with E-state index in [-0.39, 0.29) is 17.6 Å². The van der Waals surface area contributed by atoms with Crippen molar-refractivity contribution in [1.29, 1.82) is 0 Å². The number of rotatable bonds is 4. The van der Waals surface area contributed by atoms with Crippen molar-refractivity contribution in [2.24, 2.45) is 11.8 Å². The lowest BCUT2D eigenvalue weighted by Crippen LogP contribution is -2.47. The first-order valence-electron chi connectivity index (χ1n) is 8.22. The zero-order chi connectivity index (χ0) is 15.5. The van der Waals surface area contributed by atoms with Gasteiger partial charge in [0, 0.05) is 25.0 Å². The average Bonchev–Trinajstić information content (AvgIpc) is 2.49. The molecule has 2 atom stereocenters. The van der Waals surface area contributed by atoms with Crippen LogP contribution in [-0.2, 0) is 14.8 Å². The minimum absolute atomic E-state index is 0.0255. The maximum absolute atomic E-state index is 12.4. The SMILES string of the molecule is CCS(=O)(=O)N1CCC(C(=O)NC2CCCCC2C)CC1. The van der Waals surface area contributed by atoms with Gasteiger partial charge in [0.15, 0.2) is 0 Å². The van der Waals surface area contributed by atoms with Gasteiger partial charge in [0.2, 0.25) is 15.9 Å². The molecule has 2 unspecified atom stereocenters. The molecule has 0 spiro atoms. The first kappa shape index (κ1) is 16.7. The quantitative estimate of drug-likeness (QED) is 0.859. The summed E-state index contributed by atoms with van der Waals surface area (Å²) in [4.78, 5) is 12.4. The van der Waals surface area contributed by atoms with Crippen molar-refractivity contribution in [3.63, 3.8) is 0 Å². The second kappa shape index (κ2) is 7.09. The van der Waals surface area contributed by atoms with Gasteiger partial charge in [-0.15, -0.1) is 0 Å². The minimum Gasteiger partial charge on any atom is -0.353 e. The molecule has 122 valence electrons. The predicted octanol–water partition coefficient (Wildman–Crippen LogP) is 1.74. The molecule has 0 aromatic rings. The summed E-state index contributed by atoms with van der Waals surface area (Å²) in [6.45, 7) is 4.84. The monoisotopic (exact) mass is 316 g/mol. The number of hydrogen-bond donors (Lipinski definition) is 1. The van der Waals surface area contributed by atoms with Crippen LogP contribution in [0.1, 0.15) is 52.4 Å². The van der Waals surface area contributed by atoms with E-state index in [9.17, 15) is 13.2 Å². The van der Waals surface area contributed by atoms with Crippen LogP contribution in [0.25, 0.3) is 0 Å². The molecule has 6 heteroatoms. The van der Waals surface area contributed by atoms with Gasteiger partial charge in [-0.25, -0.2) is 12.7 Å². The summed E-state index contributed by atoms with van der Waals surface area (Å²) < 4.78 is 25.2. The van der Waals surface area contributed by atoms with E-state index in [4.69, 9.17) is 0 Å². The Hall–Kier alpha value is -0.620. The molecule has 0 radical (unpaired) electrons. The highest BCUT2D eigenvalue weighted by Gasteiger charge is 2.32. The van der Waals surface area contributed by atoms with Crippen molar-refractivity contribution < 1.29 is 13.2 Å². The van der Waals surface area contributed by atoms with Crippen LogP contribution < -0.4 is 5.32 Å². The Labute approximate surface area is 128 Å². The lowest BCUT2D eigenvalue weighted by atomic mass is 9.85. The Bertz CT molecular complexity index is 456. The molecular weight excluding hydrogens is 288 g/mol. The number of nitrogens with one attached hydrogen (secondary N) is 1. The number of nitrogens with zero attached hydrogens (tertiary/aromatic N) is 1. The maximum Gasteiger partial charge on any atom is 0.223 e. The van der Waals surface area contributed by atoms with Gasteiger partial charge in [-0.3, -0.25) is 4.79 Å². The summed E-state index contributed by atoms with van der Waals surface area (Å²) >= 11 is 0. The number of amides is 1. The smallest absolute Gasteiger partial charge is 0.223 e. The van der Waals surface area contributed by atoms with Crippen molar-refractivity contribution in [2.75, 3.05) is 18.8 Å². The molecule has 2 fully saturated rings. The first-order chi connectivity index (χ1) is 9.94. The summed E-state index contributed by atoms with van der Waals surface area (Å²) in [7, 11) is -3.10. The van der Waals surface area contributed by atoms with Crippen LogP contribution in [0.2, 0.25) is 0 Å². The van der Waals surface area contributed by atoms with Crippen LogP contribution in [0.15, 0.2) is 0 Å². The van der Waals surface area contributed by atoms with Crippen LogP contribution in [0.3, 0.4) is 0 Å². The van der Waals surface area contributed by atoms with Gasteiger partial charge in [-0.1, -0.05) is 19.8 Å². The van der Waals surface area contributed by atoms with E-state index in [1.807, 2.05) is 0 Å². The fourth-order valence-corrected chi connectivity index (χ4v) is 4.54. The number of carbonyl (C=O) groups is 1. The molecule has 1 saturated heterocycles. The highest BCUT2D eigenvalue weighted by molar-refractivity contribution is 7.89. The molecule has 1 aliphatic carbocycles. The lowest BCUT2D eigenvalue weighted by molar-refractivity contribution is -0.127. The second-order valence-corrected chi connectivity index (χ2v) is 8.71. The van der Waals surface area contributed by atoms with E-state index >= 15 is 0 Å². The predicted molar refractivity (Wildman–Crippen MR) is 83.3 cm³/mol. The van der Waals surface area contributed by atoms with Crippen molar-refractivity contribution in [1.82, 2.24) is 9.62 Å². The van der Waals surface area contributed by atoms with E-state index in [1.165, 1.54) is 23.6 Å². The maximum atomic E-state index is 12.4. The normalized spacial score (nSPS) is 29.2. The van der Waals surface area contributed by atoms with E-state index in [0.717, 1.165) is 6.42 Å². The third-order valence-corrected chi connectivity index (χ3v) is 6.90. The standard InChI is InChI=1S/C15H28N2O3S/c1-3-21(19,20)17-10-8-13(9-11-17)15(18)16-14-7-5-4-6-12(14)2/h12-14H,3-11H2,1-2H3,(H,16,18). The molecule has 2 rings (SSSR count). The molecule has 21 heavy (non-hydrogen) atoms. The van der Waals surface area contributed by atoms with Crippen molar-refractivity contribution in [3.05, 3.63) is 0 Å². The highest BCUT2D eigenvalue weighted by atomic mass is 32.2. The fraction of sp³-hybridized carbons (Fsp3) is 0.933. The Balaban J connectivity index is 1.83. The van der Waals surface area contributed by atoms with Gasteiger partial charge in [0.25, 0.3) is 0 Å². The lowest BCUT2D eigenvalue weighted by Gasteiger charge is -2.34. The molecule has 0 aromatic carbocycles. The molecular formula is C15H28N2O3S. The van der Waals surface area contributed by atoms with Crippen LogP contribution in [0.4, 0.5) is 0 Å². The van der Waals surface area contributed by atoms with Crippen molar-refractivity contribution >= 4 is 15.9 Å². The van der Waals surface area contributed by atoms with Crippen LogP contribution >= 0.6 is 0 Å². The van der Waals surface area contributed by atoms with E-state index in [2.05, 4.69) is 12.2 Å². The number of hydrogen-bond acceptors (Lipinski definition) is 3. The van der Waals surface area contributed by atoms with E-state index < -0.39 is 10.0 Å². The van der Waals surface area contributed by atoms with Gasteiger partial charge in [0.05, 0.1) is 5.75 Å². The van der Waals surface area contributed by atoms with Gasteiger partial charge >= 0.3 is 0 Å². The van der Waals surface area contributed by atoms with Gasteiger partial charge in [-0.2, -0.15) is 0 Å². The zero-order valence-electron chi connectivity index (χ0n) is 13.2. The Kier molecular flexibility index (Phi) is 5.66. The van der Waals surface area contributed by atoms with E-state index in [1.54, 1.807) is 6.92 Å². The average molecular weight is 316 g/mol. The Morgan fingerprint density at radius 3 is 2.33 bits per heavy atom. The van der Waals surface area contributed by atoms with Crippen LogP contribution in [-0.4, -0.2) is 43.5 Å². The van der Waals surface area contributed by atoms with Crippen molar-refractivity contribution in [3.8, 4) is 0 Å². The Morgan fingerprint density at radius 1 is 1.14 bits per heavy atom. The zero-order valence-corrected chi connectivity index (χ0v) is 14.0. The molecule has 1 N–H and O–H groups in total. The van der Waals surface area contributed by atoms with E-state index in [0.29, 0.717) is 37.9 Å². The molecule has 1 aliphatic heterocycles. The molecule has 0 aromatic heterocycles. The molecule has 1 amide bonds. The summed E-state index contributed by atoms with van der Waals surface area (Å²) in [6.07, 6.45) is 6.02. The summed E-state index contributed by atoms with van der Waals surface area (Å²) in [5, 5.41) is 3.20. The largest absolute Gasteiger partial charge is 0.353 e. The van der Waals surface area contributed by atoms with Crippen LogP contribution in [0.5, 0.6) is 0 Å². The van der Waals surface area contributed by atoms with Gasteiger partial charge < -0.3 is 5.32 Å². The fourth-order valence-electron chi connectivity index (χ4n) is 3.41. The summed E-state index contributed by atoms with van der Waals surface area (Å²) in [5.41, 5.74) is 0. The summed E-state index contributed by atoms with van der Waals surface area (Å²) in [5.74, 6) is 0.802. The third-order valence-electron chi connectivity index (χ3n) is 5.02. The molecule has 1 saturated carbocycles. The highest BCUT2D eigenvalue weighted by Crippen LogP contribution is 2.25. The van der Waals surface area contributed by atoms with Crippen LogP contribution in [0, 0.1) is 11.8 Å². The third kappa shape index (κ3) is 4.19. The van der Waals surface area contributed by atoms with Gasteiger partial charge in [0.1, 0.15) is 0 Å². The number of sulfonamides is 1.